The highest BCUT2D eigenvalue weighted by molar-refractivity contribution is 7.89. The number of nitrogens with zero attached hydrogens (tertiary/aromatic N) is 2. The van der Waals surface area contributed by atoms with Crippen molar-refractivity contribution in [3.8, 4) is 0 Å². The van der Waals surface area contributed by atoms with Crippen LogP contribution in [0.2, 0.25) is 0 Å². The van der Waals surface area contributed by atoms with Gasteiger partial charge in [0.05, 0.1) is 11.4 Å². The molecular weight excluding hydrogens is 386 g/mol. The zero-order chi connectivity index (χ0) is 21.2. The number of rotatable bonds is 6. The zero-order valence-corrected chi connectivity index (χ0v) is 18.3. The van der Waals surface area contributed by atoms with Gasteiger partial charge >= 0.3 is 0 Å². The van der Waals surface area contributed by atoms with Crippen molar-refractivity contribution in [2.24, 2.45) is 0 Å². The Kier molecular flexibility index (Phi) is 6.41. The minimum absolute atomic E-state index is 0.160. The van der Waals surface area contributed by atoms with Crippen molar-refractivity contribution in [1.29, 1.82) is 0 Å². The van der Waals surface area contributed by atoms with Crippen LogP contribution in [0.15, 0.2) is 47.4 Å². The van der Waals surface area contributed by atoms with E-state index in [0.29, 0.717) is 11.3 Å². The number of hydrogen-bond donors (Lipinski definition) is 1. The van der Waals surface area contributed by atoms with Gasteiger partial charge in [-0.05, 0) is 62.1 Å². The normalized spacial score (nSPS) is 16.7. The summed E-state index contributed by atoms with van der Waals surface area (Å²) < 4.78 is 26.2. The molecule has 1 aliphatic carbocycles. The minimum atomic E-state index is -3.57. The Hall–Kier alpha value is -2.22. The molecule has 0 spiro atoms. The van der Waals surface area contributed by atoms with E-state index in [1.807, 2.05) is 13.1 Å². The number of carbonyl (C=O) groups excluding carboxylic acids is 1. The second-order valence-corrected chi connectivity index (χ2v) is 9.96. The molecule has 1 aliphatic rings. The molecule has 1 atom stereocenters. The third-order valence-corrected chi connectivity index (χ3v) is 7.45. The predicted molar refractivity (Wildman–Crippen MR) is 115 cm³/mol. The molecule has 29 heavy (non-hydrogen) atoms. The first-order chi connectivity index (χ1) is 13.7. The first-order valence-electron chi connectivity index (χ1n) is 9.81. The summed E-state index contributed by atoms with van der Waals surface area (Å²) in [6.07, 6.45) is 3.22. The fourth-order valence-corrected chi connectivity index (χ4v) is 5.02. The smallest absolute Gasteiger partial charge is 0.242 e. The summed E-state index contributed by atoms with van der Waals surface area (Å²) in [5.74, 6) is -0.160. The molecule has 0 bridgehead atoms. The number of sulfonamides is 1. The summed E-state index contributed by atoms with van der Waals surface area (Å²) in [4.78, 5) is 14.9. The molecule has 0 radical (unpaired) electrons. The Morgan fingerprint density at radius 2 is 1.86 bits per heavy atom. The van der Waals surface area contributed by atoms with Crippen molar-refractivity contribution in [3.05, 3.63) is 59.2 Å². The van der Waals surface area contributed by atoms with Crippen LogP contribution in [0.25, 0.3) is 0 Å². The van der Waals surface area contributed by atoms with Crippen LogP contribution in [0.1, 0.15) is 35.6 Å². The van der Waals surface area contributed by atoms with Gasteiger partial charge in [0.1, 0.15) is 0 Å². The molecule has 6 nitrogen and oxygen atoms in total. The van der Waals surface area contributed by atoms with Gasteiger partial charge in [0, 0.05) is 25.8 Å². The van der Waals surface area contributed by atoms with E-state index in [0.717, 1.165) is 19.3 Å². The average molecular weight is 416 g/mol. The first kappa shape index (κ1) is 21.5. The summed E-state index contributed by atoms with van der Waals surface area (Å²) in [7, 11) is 1.39. The molecule has 0 aliphatic heterocycles. The molecule has 0 saturated carbocycles. The van der Waals surface area contributed by atoms with E-state index in [2.05, 4.69) is 28.4 Å². The second-order valence-electron chi connectivity index (χ2n) is 7.84. The van der Waals surface area contributed by atoms with Crippen molar-refractivity contribution in [2.75, 3.05) is 33.0 Å². The molecule has 7 heteroatoms. The molecule has 0 saturated heterocycles. The van der Waals surface area contributed by atoms with Gasteiger partial charge in [-0.15, -0.1) is 0 Å². The number of carbonyl (C=O) groups is 1. The van der Waals surface area contributed by atoms with Crippen LogP contribution in [0.4, 0.5) is 5.69 Å². The fraction of sp³-hybridized carbons (Fsp3) is 0.409. The van der Waals surface area contributed by atoms with E-state index in [1.165, 1.54) is 35.6 Å². The van der Waals surface area contributed by atoms with Gasteiger partial charge < -0.3 is 5.32 Å². The van der Waals surface area contributed by atoms with Crippen molar-refractivity contribution in [1.82, 2.24) is 9.21 Å². The highest BCUT2D eigenvalue weighted by Crippen LogP contribution is 2.33. The SMILES string of the molecule is Cc1ccc(NC(=O)CN(C)C2CCCc3ccccc32)cc1S(=O)(=O)N(C)C. The standard InChI is InChI=1S/C22H29N3O3S/c1-16-12-13-18(14-21(16)29(27,28)24(2)3)23-22(26)15-25(4)20-11-7-9-17-8-5-6-10-19(17)20/h5-6,8,10,12-14,20H,7,9,11,15H2,1-4H3,(H,23,26). The van der Waals surface area contributed by atoms with Gasteiger partial charge in [0.25, 0.3) is 0 Å². The number of anilines is 1. The Bertz CT molecular complexity index is 1000. The summed E-state index contributed by atoms with van der Waals surface area (Å²) in [6.45, 7) is 1.99. The summed E-state index contributed by atoms with van der Waals surface area (Å²) in [6, 6.07) is 13.6. The third kappa shape index (κ3) is 4.69. The van der Waals surface area contributed by atoms with Gasteiger partial charge in [0.2, 0.25) is 15.9 Å². The second kappa shape index (κ2) is 8.65. The molecule has 156 valence electrons. The molecule has 0 heterocycles. The molecular formula is C22H29N3O3S. The summed E-state index contributed by atoms with van der Waals surface area (Å²) in [5.41, 5.74) is 3.78. The van der Waals surface area contributed by atoms with E-state index in [-0.39, 0.29) is 23.4 Å². The van der Waals surface area contributed by atoms with Crippen molar-refractivity contribution < 1.29 is 13.2 Å². The van der Waals surface area contributed by atoms with Crippen LogP contribution in [-0.2, 0) is 21.2 Å². The van der Waals surface area contributed by atoms with Crippen LogP contribution in [-0.4, -0.2) is 51.2 Å². The molecule has 1 amide bonds. The quantitative estimate of drug-likeness (QED) is 0.787. The van der Waals surface area contributed by atoms with E-state index in [9.17, 15) is 13.2 Å². The highest BCUT2D eigenvalue weighted by Gasteiger charge is 2.25. The van der Waals surface area contributed by atoms with Crippen LogP contribution in [0.3, 0.4) is 0 Å². The number of nitrogens with one attached hydrogen (secondary N) is 1. The highest BCUT2D eigenvalue weighted by atomic mass is 32.2. The first-order valence-corrected chi connectivity index (χ1v) is 11.2. The van der Waals surface area contributed by atoms with Crippen LogP contribution in [0, 0.1) is 6.92 Å². The van der Waals surface area contributed by atoms with E-state index in [4.69, 9.17) is 0 Å². The number of hydrogen-bond acceptors (Lipinski definition) is 4. The van der Waals surface area contributed by atoms with Gasteiger partial charge in [-0.2, -0.15) is 0 Å². The van der Waals surface area contributed by atoms with Crippen molar-refractivity contribution in [2.45, 2.75) is 37.1 Å². The Labute approximate surface area is 173 Å². The van der Waals surface area contributed by atoms with Gasteiger partial charge in [0.15, 0.2) is 0 Å². The van der Waals surface area contributed by atoms with Gasteiger partial charge in [-0.1, -0.05) is 30.3 Å². The molecule has 0 fully saturated rings. The van der Waals surface area contributed by atoms with Crippen LogP contribution in [0.5, 0.6) is 0 Å². The lowest BCUT2D eigenvalue weighted by molar-refractivity contribution is -0.117. The molecule has 0 aromatic heterocycles. The van der Waals surface area contributed by atoms with Gasteiger partial charge in [-0.25, -0.2) is 12.7 Å². The van der Waals surface area contributed by atoms with Crippen molar-refractivity contribution >= 4 is 21.6 Å². The summed E-state index contributed by atoms with van der Waals surface area (Å²) in [5, 5.41) is 2.85. The molecule has 2 aromatic carbocycles. The summed E-state index contributed by atoms with van der Waals surface area (Å²) >= 11 is 0. The number of benzene rings is 2. The largest absolute Gasteiger partial charge is 0.325 e. The number of fused-ring (bicyclic) bond motifs is 1. The maximum atomic E-state index is 12.6. The van der Waals surface area contributed by atoms with Crippen LogP contribution >= 0.6 is 0 Å². The maximum absolute atomic E-state index is 12.6. The number of likely N-dealkylation sites (N-methyl/N-ethyl adjacent to an activating group) is 1. The van der Waals surface area contributed by atoms with Gasteiger partial charge in [-0.3, -0.25) is 9.69 Å². The minimum Gasteiger partial charge on any atom is -0.325 e. The Balaban J connectivity index is 1.72. The maximum Gasteiger partial charge on any atom is 0.242 e. The lowest BCUT2D eigenvalue weighted by Gasteiger charge is -2.32. The molecule has 1 unspecified atom stereocenters. The Morgan fingerprint density at radius 1 is 1.14 bits per heavy atom. The predicted octanol–water partition coefficient (Wildman–Crippen LogP) is 3.19. The third-order valence-electron chi connectivity index (χ3n) is 5.49. The number of aryl methyl sites for hydroxylation is 2. The van der Waals surface area contributed by atoms with E-state index < -0.39 is 10.0 Å². The zero-order valence-electron chi connectivity index (χ0n) is 17.5. The van der Waals surface area contributed by atoms with Crippen molar-refractivity contribution in [3.63, 3.8) is 0 Å². The Morgan fingerprint density at radius 3 is 2.59 bits per heavy atom. The lowest BCUT2D eigenvalue weighted by Crippen LogP contribution is -2.35. The monoisotopic (exact) mass is 415 g/mol. The lowest BCUT2D eigenvalue weighted by atomic mass is 9.87. The fourth-order valence-electron chi connectivity index (χ4n) is 3.88. The average Bonchev–Trinajstić information content (AvgIpc) is 2.68. The number of amides is 1. The van der Waals surface area contributed by atoms with E-state index >= 15 is 0 Å². The molecule has 2 aromatic rings. The van der Waals surface area contributed by atoms with Crippen LogP contribution < -0.4 is 5.32 Å². The topological polar surface area (TPSA) is 69.7 Å². The molecule has 3 rings (SSSR count). The van der Waals surface area contributed by atoms with E-state index in [1.54, 1.807) is 19.1 Å². The molecule has 1 N–H and O–H groups in total.